The van der Waals surface area contributed by atoms with Crippen molar-refractivity contribution >= 4 is 23.1 Å². The second kappa shape index (κ2) is 13.9. The number of ether oxygens (including phenoxy) is 3. The average molecular weight is 575 g/mol. The molecule has 42 heavy (non-hydrogen) atoms. The zero-order chi connectivity index (χ0) is 29.5. The topological polar surface area (TPSA) is 77.1 Å². The van der Waals surface area contributed by atoms with E-state index in [1.165, 1.54) is 12.1 Å². The van der Waals surface area contributed by atoms with Crippen molar-refractivity contribution in [2.45, 2.75) is 58.3 Å². The monoisotopic (exact) mass is 574 g/mol. The van der Waals surface area contributed by atoms with Crippen molar-refractivity contribution in [3.05, 3.63) is 88.7 Å². The van der Waals surface area contributed by atoms with Gasteiger partial charge in [-0.3, -0.25) is 9.59 Å². The molecule has 1 unspecified atom stereocenters. The molecule has 0 aliphatic carbocycles. The van der Waals surface area contributed by atoms with Crippen LogP contribution < -0.4 is 15.0 Å². The summed E-state index contributed by atoms with van der Waals surface area (Å²) in [6, 6.07) is 17.0. The Bertz CT molecular complexity index is 1380. The number of nitrogens with one attached hydrogen (secondary N) is 1. The SMILES string of the molecule is CCc1c(C(=O)Nc2ccccc2OC)ccc(N2CCC(C(=O)c3ccc(F)cc3)CC2)c1COC1CCCCO1. The molecule has 0 saturated carbocycles. The number of amides is 1. The number of hydrogen-bond acceptors (Lipinski definition) is 6. The molecule has 3 aromatic rings. The zero-order valence-corrected chi connectivity index (χ0v) is 24.4. The lowest BCUT2D eigenvalue weighted by Crippen LogP contribution is -2.37. The second-order valence-electron chi connectivity index (χ2n) is 10.8. The summed E-state index contributed by atoms with van der Waals surface area (Å²) in [5, 5.41) is 3.02. The third-order valence-corrected chi connectivity index (χ3v) is 8.25. The Labute approximate surface area is 247 Å². The number of Topliss-reactive ketones (excluding diaryl/α,β-unsaturated/α-hetero) is 1. The highest BCUT2D eigenvalue weighted by atomic mass is 19.1. The number of rotatable bonds is 10. The van der Waals surface area contributed by atoms with Crippen molar-refractivity contribution in [3.63, 3.8) is 0 Å². The van der Waals surface area contributed by atoms with E-state index in [1.807, 2.05) is 43.3 Å². The summed E-state index contributed by atoms with van der Waals surface area (Å²) < 4.78 is 30.9. The van der Waals surface area contributed by atoms with Crippen molar-refractivity contribution in [1.82, 2.24) is 0 Å². The Morgan fingerprint density at radius 3 is 2.43 bits per heavy atom. The van der Waals surface area contributed by atoms with Crippen LogP contribution >= 0.6 is 0 Å². The number of ketones is 1. The normalized spacial score (nSPS) is 17.6. The summed E-state index contributed by atoms with van der Waals surface area (Å²) in [5.74, 6) is -0.0105. The quantitative estimate of drug-likeness (QED) is 0.269. The Balaban J connectivity index is 1.39. The molecule has 2 heterocycles. The molecule has 0 radical (unpaired) electrons. The van der Waals surface area contributed by atoms with Crippen LogP contribution in [-0.4, -0.2) is 44.8 Å². The molecule has 1 N–H and O–H groups in total. The van der Waals surface area contributed by atoms with Crippen LogP contribution in [0.15, 0.2) is 60.7 Å². The smallest absolute Gasteiger partial charge is 0.256 e. The zero-order valence-electron chi connectivity index (χ0n) is 24.4. The van der Waals surface area contributed by atoms with Crippen LogP contribution in [0, 0.1) is 11.7 Å². The Hall–Kier alpha value is -3.75. The number of benzene rings is 3. The highest BCUT2D eigenvalue weighted by Gasteiger charge is 2.29. The van der Waals surface area contributed by atoms with Crippen LogP contribution in [0.25, 0.3) is 0 Å². The highest BCUT2D eigenvalue weighted by molar-refractivity contribution is 6.06. The van der Waals surface area contributed by atoms with Crippen LogP contribution in [0.1, 0.15) is 70.9 Å². The number of halogens is 1. The third kappa shape index (κ3) is 6.82. The standard InChI is InChI=1S/C34H39FN2O5/c1-3-26-27(34(39)36-29-8-4-5-9-31(29)40-2)15-16-30(28(26)22-42-32-10-6-7-21-41-32)37-19-17-24(18-20-37)33(38)23-11-13-25(35)14-12-23/h4-5,8-9,11-16,24,32H,3,6-7,10,17-22H2,1-2H3,(H,36,39). The first-order chi connectivity index (χ1) is 20.5. The Kier molecular flexibility index (Phi) is 9.87. The molecule has 222 valence electrons. The summed E-state index contributed by atoms with van der Waals surface area (Å²) in [6.45, 7) is 4.45. The molecule has 3 aromatic carbocycles. The first-order valence-corrected chi connectivity index (χ1v) is 14.9. The van der Waals surface area contributed by atoms with E-state index in [2.05, 4.69) is 10.2 Å². The fourth-order valence-corrected chi connectivity index (χ4v) is 5.94. The number of carbonyl (C=O) groups excluding carboxylic acids is 2. The molecule has 2 aliphatic rings. The number of para-hydroxylation sites is 2. The lowest BCUT2D eigenvalue weighted by Gasteiger charge is -2.35. The van der Waals surface area contributed by atoms with Gasteiger partial charge in [-0.05, 0) is 92.6 Å². The van der Waals surface area contributed by atoms with Gasteiger partial charge in [-0.2, -0.15) is 0 Å². The van der Waals surface area contributed by atoms with E-state index in [9.17, 15) is 14.0 Å². The fraction of sp³-hybridized carbons (Fsp3) is 0.412. The molecule has 0 bridgehead atoms. The minimum absolute atomic E-state index is 0.0604. The van der Waals surface area contributed by atoms with E-state index in [4.69, 9.17) is 14.2 Å². The minimum atomic E-state index is -0.346. The third-order valence-electron chi connectivity index (χ3n) is 8.25. The molecule has 2 saturated heterocycles. The van der Waals surface area contributed by atoms with Crippen LogP contribution in [0.2, 0.25) is 0 Å². The van der Waals surface area contributed by atoms with Crippen molar-refractivity contribution in [2.24, 2.45) is 5.92 Å². The summed E-state index contributed by atoms with van der Waals surface area (Å²) in [6.07, 6.45) is 4.72. The van der Waals surface area contributed by atoms with Gasteiger partial charge in [0.05, 0.1) is 19.4 Å². The van der Waals surface area contributed by atoms with E-state index < -0.39 is 0 Å². The predicted octanol–water partition coefficient (Wildman–Crippen LogP) is 6.79. The molecule has 5 rings (SSSR count). The van der Waals surface area contributed by atoms with Crippen molar-refractivity contribution in [3.8, 4) is 5.75 Å². The van der Waals surface area contributed by atoms with Gasteiger partial charge in [0, 0.05) is 48.0 Å². The maximum Gasteiger partial charge on any atom is 0.256 e. The Morgan fingerprint density at radius 1 is 0.976 bits per heavy atom. The summed E-state index contributed by atoms with van der Waals surface area (Å²) in [5.41, 5.74) is 4.68. The largest absolute Gasteiger partial charge is 0.495 e. The molecule has 7 nitrogen and oxygen atoms in total. The van der Waals surface area contributed by atoms with E-state index in [1.54, 1.807) is 19.2 Å². The van der Waals surface area contributed by atoms with Gasteiger partial charge < -0.3 is 24.4 Å². The summed E-state index contributed by atoms with van der Waals surface area (Å²) >= 11 is 0. The van der Waals surface area contributed by atoms with Gasteiger partial charge in [-0.15, -0.1) is 0 Å². The number of piperidine rings is 1. The van der Waals surface area contributed by atoms with Gasteiger partial charge >= 0.3 is 0 Å². The van der Waals surface area contributed by atoms with Gasteiger partial charge in [-0.25, -0.2) is 4.39 Å². The van der Waals surface area contributed by atoms with Crippen molar-refractivity contribution in [2.75, 3.05) is 37.0 Å². The lowest BCUT2D eigenvalue weighted by molar-refractivity contribution is -0.168. The van der Waals surface area contributed by atoms with Crippen LogP contribution in [0.5, 0.6) is 5.75 Å². The number of methoxy groups -OCH3 is 1. The van der Waals surface area contributed by atoms with E-state index in [-0.39, 0.29) is 29.7 Å². The Morgan fingerprint density at radius 2 is 1.74 bits per heavy atom. The predicted molar refractivity (Wildman–Crippen MR) is 161 cm³/mol. The lowest BCUT2D eigenvalue weighted by atomic mass is 9.88. The molecule has 2 fully saturated rings. The number of carbonyl (C=O) groups is 2. The number of anilines is 2. The van der Waals surface area contributed by atoms with Gasteiger partial charge in [0.15, 0.2) is 12.1 Å². The fourth-order valence-electron chi connectivity index (χ4n) is 5.94. The summed E-state index contributed by atoms with van der Waals surface area (Å²) in [7, 11) is 1.58. The van der Waals surface area contributed by atoms with E-state index >= 15 is 0 Å². The molecule has 1 amide bonds. The summed E-state index contributed by atoms with van der Waals surface area (Å²) in [4.78, 5) is 28.9. The molecular formula is C34H39FN2O5. The van der Waals surface area contributed by atoms with Crippen LogP contribution in [0.3, 0.4) is 0 Å². The minimum Gasteiger partial charge on any atom is -0.495 e. The molecule has 0 spiro atoms. The molecule has 1 atom stereocenters. The molecule has 2 aliphatic heterocycles. The first kappa shape index (κ1) is 29.7. The molecule has 0 aromatic heterocycles. The van der Waals surface area contributed by atoms with Crippen LogP contribution in [0.4, 0.5) is 15.8 Å². The average Bonchev–Trinajstić information content (AvgIpc) is 3.04. The van der Waals surface area contributed by atoms with Gasteiger partial charge in [0.25, 0.3) is 5.91 Å². The van der Waals surface area contributed by atoms with Gasteiger partial charge in [0.2, 0.25) is 0 Å². The molecule has 8 heteroatoms. The van der Waals surface area contributed by atoms with Crippen molar-refractivity contribution in [1.29, 1.82) is 0 Å². The number of hydrogen-bond donors (Lipinski definition) is 1. The van der Waals surface area contributed by atoms with Crippen LogP contribution in [-0.2, 0) is 22.5 Å². The first-order valence-electron chi connectivity index (χ1n) is 14.9. The van der Waals surface area contributed by atoms with Crippen molar-refractivity contribution < 1.29 is 28.2 Å². The van der Waals surface area contributed by atoms with Gasteiger partial charge in [0.1, 0.15) is 11.6 Å². The molecular weight excluding hydrogens is 535 g/mol. The number of nitrogens with zero attached hydrogens (tertiary/aromatic N) is 1. The maximum absolute atomic E-state index is 13.6. The van der Waals surface area contributed by atoms with Gasteiger partial charge in [-0.1, -0.05) is 19.1 Å². The van der Waals surface area contributed by atoms with E-state index in [0.717, 1.165) is 36.1 Å². The maximum atomic E-state index is 13.6. The highest BCUT2D eigenvalue weighted by Crippen LogP contribution is 2.34. The second-order valence-corrected chi connectivity index (χ2v) is 10.8. The van der Waals surface area contributed by atoms with E-state index in [0.29, 0.717) is 68.1 Å².